The molecule has 0 saturated heterocycles. The minimum absolute atomic E-state index is 0.0225. The molecule has 11 heteroatoms. The molecule has 0 amide bonds. The molecule has 0 aliphatic rings. The second-order valence-corrected chi connectivity index (χ2v) is 7.87. The number of carbonyl (C=O) groups is 1. The monoisotopic (exact) mass is 454 g/mol. The van der Waals surface area contributed by atoms with Crippen LogP contribution >= 0.6 is 22.9 Å². The molecule has 0 bridgehead atoms. The van der Waals surface area contributed by atoms with Crippen LogP contribution in [0, 0.1) is 0 Å². The lowest BCUT2D eigenvalue weighted by molar-refractivity contribution is -0.667. The molecule has 154 valence electrons. The number of alkyl halides is 3. The first-order chi connectivity index (χ1) is 14.2. The zero-order valence-corrected chi connectivity index (χ0v) is 16.5. The number of benzene rings is 1. The van der Waals surface area contributed by atoms with Crippen LogP contribution in [0.2, 0.25) is 4.47 Å². The quantitative estimate of drug-likeness (QED) is 0.362. The number of nitrogens with zero attached hydrogens (tertiary/aromatic N) is 3. The van der Waals surface area contributed by atoms with Gasteiger partial charge in [0.1, 0.15) is 12.3 Å². The van der Waals surface area contributed by atoms with Gasteiger partial charge in [0.05, 0.1) is 11.1 Å². The topological polar surface area (TPSA) is 67.7 Å². The molecule has 0 aliphatic heterocycles. The molecular weight excluding hydrogens is 443 g/mol. The third kappa shape index (κ3) is 3.96. The molecule has 3 aromatic heterocycles. The van der Waals surface area contributed by atoms with E-state index in [1.807, 2.05) is 0 Å². The highest BCUT2D eigenvalue weighted by Gasteiger charge is 2.33. The van der Waals surface area contributed by atoms with Gasteiger partial charge >= 0.3 is 12.2 Å². The van der Waals surface area contributed by atoms with Crippen LogP contribution in [0.5, 0.6) is 11.6 Å². The van der Waals surface area contributed by atoms with E-state index in [-0.39, 0.29) is 23.7 Å². The van der Waals surface area contributed by atoms with Crippen LogP contribution in [0.3, 0.4) is 0 Å². The van der Waals surface area contributed by atoms with E-state index in [4.69, 9.17) is 11.6 Å². The van der Waals surface area contributed by atoms with Crippen molar-refractivity contribution in [3.63, 3.8) is 0 Å². The molecule has 1 aromatic carbocycles. The lowest BCUT2D eigenvalue weighted by atomic mass is 10.1. The third-order valence-corrected chi connectivity index (χ3v) is 5.33. The number of imidazole rings is 1. The Morgan fingerprint density at radius 1 is 1.23 bits per heavy atom. The van der Waals surface area contributed by atoms with E-state index in [1.165, 1.54) is 32.4 Å². The first-order valence-electron chi connectivity index (χ1n) is 8.45. The fourth-order valence-electron chi connectivity index (χ4n) is 3.01. The molecule has 0 spiro atoms. The van der Waals surface area contributed by atoms with Gasteiger partial charge in [-0.25, -0.2) is 4.98 Å². The molecule has 6 nitrogen and oxygen atoms in total. The van der Waals surface area contributed by atoms with Crippen molar-refractivity contribution in [3.8, 4) is 11.6 Å². The summed E-state index contributed by atoms with van der Waals surface area (Å²) in [5.41, 5.74) is 0.613. The normalized spacial score (nSPS) is 11.7. The van der Waals surface area contributed by atoms with Crippen LogP contribution in [0.15, 0.2) is 54.9 Å². The Kier molecular flexibility index (Phi) is 5.12. The number of halogens is 4. The van der Waals surface area contributed by atoms with E-state index in [9.17, 15) is 23.1 Å². The van der Waals surface area contributed by atoms with Gasteiger partial charge in [0.25, 0.3) is 11.3 Å². The first-order valence-corrected chi connectivity index (χ1v) is 9.65. The van der Waals surface area contributed by atoms with Crippen LogP contribution in [-0.2, 0) is 6.54 Å². The number of rotatable bonds is 5. The zero-order valence-electron chi connectivity index (χ0n) is 14.9. The maximum absolute atomic E-state index is 13.1. The van der Waals surface area contributed by atoms with Gasteiger partial charge in [-0.1, -0.05) is 17.7 Å². The molecule has 0 saturated carbocycles. The van der Waals surface area contributed by atoms with Gasteiger partial charge in [-0.05, 0) is 30.3 Å². The van der Waals surface area contributed by atoms with Crippen molar-refractivity contribution in [2.45, 2.75) is 12.9 Å². The Morgan fingerprint density at radius 3 is 2.60 bits per heavy atom. The highest BCUT2D eigenvalue weighted by atomic mass is 35.5. The van der Waals surface area contributed by atoms with E-state index >= 15 is 0 Å². The summed E-state index contributed by atoms with van der Waals surface area (Å²) in [6.07, 6.45) is -1.64. The molecule has 0 unspecified atom stereocenters. The molecule has 4 aromatic rings. The molecule has 0 fully saturated rings. The molecular formula is C19H12ClF3N3O3S+. The van der Waals surface area contributed by atoms with Crippen molar-refractivity contribution in [2.75, 3.05) is 0 Å². The van der Waals surface area contributed by atoms with E-state index in [0.29, 0.717) is 10.1 Å². The number of ketones is 1. The average molecular weight is 455 g/mol. The number of fused-ring (bicyclic) bond motifs is 1. The zero-order chi connectivity index (χ0) is 21.5. The Labute approximate surface area is 176 Å². The highest BCUT2D eigenvalue weighted by Crippen LogP contribution is 2.26. The van der Waals surface area contributed by atoms with Gasteiger partial charge < -0.3 is 9.84 Å². The van der Waals surface area contributed by atoms with Crippen molar-refractivity contribution < 1.29 is 32.4 Å². The Balaban J connectivity index is 1.73. The van der Waals surface area contributed by atoms with Crippen LogP contribution < -0.4 is 9.30 Å². The summed E-state index contributed by atoms with van der Waals surface area (Å²) in [6, 6.07) is 9.66. The second kappa shape index (κ2) is 7.62. The average Bonchev–Trinajstić information content (AvgIpc) is 3.22. The summed E-state index contributed by atoms with van der Waals surface area (Å²) in [7, 11) is 0. The Morgan fingerprint density at radius 2 is 1.97 bits per heavy atom. The standard InChI is InChI=1S/C19H11ClF3N3O3S/c20-18-24-9-13(30-18)10-26-14-3-1-2-8-25(14)15(17(26)28)16(27)11-4-6-12(7-5-11)29-19(21,22)23/h1-9H,10H2/p+1. The van der Waals surface area contributed by atoms with Gasteiger partial charge in [0.15, 0.2) is 4.47 Å². The van der Waals surface area contributed by atoms with Crippen molar-refractivity contribution in [2.24, 2.45) is 0 Å². The molecule has 0 aliphatic carbocycles. The summed E-state index contributed by atoms with van der Waals surface area (Å²) in [4.78, 5) is 17.8. The van der Waals surface area contributed by atoms with Crippen molar-refractivity contribution in [1.82, 2.24) is 9.38 Å². The predicted molar refractivity (Wildman–Crippen MR) is 102 cm³/mol. The van der Waals surface area contributed by atoms with E-state index in [1.54, 1.807) is 30.6 Å². The second-order valence-electron chi connectivity index (χ2n) is 6.17. The summed E-state index contributed by atoms with van der Waals surface area (Å²) >= 11 is 7.11. The lowest BCUT2D eigenvalue weighted by Crippen LogP contribution is -2.33. The fourth-order valence-corrected chi connectivity index (χ4v) is 3.98. The number of carbonyl (C=O) groups excluding carboxylic acids is 1. The minimum Gasteiger partial charge on any atom is -0.475 e. The number of pyridine rings is 1. The van der Waals surface area contributed by atoms with Crippen LogP contribution in [0.1, 0.15) is 20.9 Å². The SMILES string of the molecule is O=C(c1ccc(OC(F)(F)F)cc1)c1c(O)[n+](Cc2cnc(Cl)s2)c2ccccn12. The number of aromatic hydroxyl groups is 1. The maximum atomic E-state index is 13.1. The van der Waals surface area contributed by atoms with Gasteiger partial charge in [-0.2, -0.15) is 8.97 Å². The predicted octanol–water partition coefficient (Wildman–Crippen LogP) is 4.22. The lowest BCUT2D eigenvalue weighted by Gasteiger charge is -2.08. The molecule has 1 N–H and O–H groups in total. The molecule has 3 heterocycles. The van der Waals surface area contributed by atoms with Crippen LogP contribution in [-0.4, -0.2) is 26.6 Å². The molecule has 0 radical (unpaired) electrons. The van der Waals surface area contributed by atoms with Crippen LogP contribution in [0.25, 0.3) is 5.65 Å². The Bertz CT molecular complexity index is 1240. The van der Waals surface area contributed by atoms with Gasteiger partial charge in [-0.3, -0.25) is 4.79 Å². The van der Waals surface area contributed by atoms with Crippen molar-refractivity contribution in [1.29, 1.82) is 0 Å². The maximum Gasteiger partial charge on any atom is 0.573 e. The largest absolute Gasteiger partial charge is 0.573 e. The summed E-state index contributed by atoms with van der Waals surface area (Å²) in [5.74, 6) is -1.29. The highest BCUT2D eigenvalue weighted by molar-refractivity contribution is 7.15. The summed E-state index contributed by atoms with van der Waals surface area (Å²) < 4.78 is 44.2. The minimum atomic E-state index is -4.83. The van der Waals surface area contributed by atoms with Crippen molar-refractivity contribution in [3.05, 3.63) is 75.5 Å². The van der Waals surface area contributed by atoms with Gasteiger partial charge in [0, 0.05) is 17.8 Å². The molecule has 30 heavy (non-hydrogen) atoms. The number of ether oxygens (including phenoxy) is 1. The Hall–Kier alpha value is -3.11. The third-order valence-electron chi connectivity index (χ3n) is 4.23. The number of thiazole rings is 1. The fraction of sp³-hybridized carbons (Fsp3) is 0.105. The van der Waals surface area contributed by atoms with E-state index in [0.717, 1.165) is 17.0 Å². The summed E-state index contributed by atoms with van der Waals surface area (Å²) in [5, 5.41) is 10.8. The number of hydrogen-bond acceptors (Lipinski definition) is 5. The van der Waals surface area contributed by atoms with E-state index in [2.05, 4.69) is 9.72 Å². The van der Waals surface area contributed by atoms with Gasteiger partial charge in [0.2, 0.25) is 5.78 Å². The number of hydrogen-bond donors (Lipinski definition) is 1. The van der Waals surface area contributed by atoms with Crippen molar-refractivity contribution >= 4 is 34.4 Å². The summed E-state index contributed by atoms with van der Waals surface area (Å²) in [6.45, 7) is 0.232. The van der Waals surface area contributed by atoms with Gasteiger partial charge in [-0.15, -0.1) is 24.5 Å². The van der Waals surface area contributed by atoms with E-state index < -0.39 is 17.9 Å². The smallest absolute Gasteiger partial charge is 0.475 e. The molecule has 4 rings (SSSR count). The number of aromatic nitrogens is 3. The van der Waals surface area contributed by atoms with Crippen LogP contribution in [0.4, 0.5) is 13.2 Å². The first kappa shape index (κ1) is 20.2. The molecule has 0 atom stereocenters.